The van der Waals surface area contributed by atoms with E-state index < -0.39 is 11.2 Å². The summed E-state index contributed by atoms with van der Waals surface area (Å²) in [6.07, 6.45) is 3.09. The van der Waals surface area contributed by atoms with Crippen molar-refractivity contribution in [3.05, 3.63) is 53.5 Å². The van der Waals surface area contributed by atoms with Crippen molar-refractivity contribution >= 4 is 17.9 Å². The summed E-state index contributed by atoms with van der Waals surface area (Å²) in [5, 5.41) is 10.8. The monoisotopic (exact) mass is 375 g/mol. The number of likely N-dealkylation sites (tertiary alicyclic amines) is 1. The van der Waals surface area contributed by atoms with E-state index in [1.165, 1.54) is 11.8 Å². The van der Waals surface area contributed by atoms with Crippen LogP contribution < -0.4 is 0 Å². The first-order valence-electron chi connectivity index (χ1n) is 8.90. The lowest BCUT2D eigenvalue weighted by Gasteiger charge is -2.32. The van der Waals surface area contributed by atoms with Crippen molar-refractivity contribution in [3.63, 3.8) is 0 Å². The van der Waals surface area contributed by atoms with Crippen LogP contribution in [0.3, 0.4) is 0 Å². The first-order valence-corrected chi connectivity index (χ1v) is 9.72. The van der Waals surface area contributed by atoms with E-state index in [1.54, 1.807) is 11.8 Å². The lowest BCUT2D eigenvalue weighted by Crippen LogP contribution is -2.40. The van der Waals surface area contributed by atoms with Gasteiger partial charge >= 0.3 is 6.09 Å². The van der Waals surface area contributed by atoms with Crippen molar-refractivity contribution in [2.24, 2.45) is 0 Å². The molecule has 26 heavy (non-hydrogen) atoms. The van der Waals surface area contributed by atoms with E-state index in [9.17, 15) is 9.90 Å². The summed E-state index contributed by atoms with van der Waals surface area (Å²) in [6.45, 7) is 12.6. The molecule has 1 aliphatic rings. The fourth-order valence-corrected chi connectivity index (χ4v) is 3.50. The summed E-state index contributed by atoms with van der Waals surface area (Å²) < 4.78 is 5.42. The maximum atomic E-state index is 12.1. The Bertz CT molecular complexity index is 664. The highest BCUT2D eigenvalue weighted by atomic mass is 32.2. The van der Waals surface area contributed by atoms with Gasteiger partial charge in [-0.15, -0.1) is 0 Å². The minimum absolute atomic E-state index is 0.271. The minimum Gasteiger partial charge on any atom is -0.444 e. The molecule has 1 saturated heterocycles. The molecule has 1 aliphatic heterocycles. The van der Waals surface area contributed by atoms with Crippen LogP contribution in [0, 0.1) is 0 Å². The third-order valence-corrected chi connectivity index (χ3v) is 5.26. The van der Waals surface area contributed by atoms with Crippen LogP contribution in [0.4, 0.5) is 4.79 Å². The Morgan fingerprint density at radius 1 is 1.19 bits per heavy atom. The molecule has 142 valence electrons. The molecule has 1 atom stereocenters. The van der Waals surface area contributed by atoms with Crippen molar-refractivity contribution in [3.8, 4) is 0 Å². The van der Waals surface area contributed by atoms with Crippen LogP contribution in [0.15, 0.2) is 58.4 Å². The molecule has 0 spiro atoms. The summed E-state index contributed by atoms with van der Waals surface area (Å²) in [5.41, 5.74) is -0.433. The van der Waals surface area contributed by atoms with Crippen LogP contribution in [0.5, 0.6) is 0 Å². The number of piperidine rings is 1. The Morgan fingerprint density at radius 2 is 1.77 bits per heavy atom. The van der Waals surface area contributed by atoms with Gasteiger partial charge in [0, 0.05) is 22.9 Å². The van der Waals surface area contributed by atoms with Gasteiger partial charge in [-0.2, -0.15) is 0 Å². The Hall–Kier alpha value is -1.72. The van der Waals surface area contributed by atoms with E-state index in [0.717, 1.165) is 23.3 Å². The number of ether oxygens (including phenoxy) is 1. The number of thioether (sulfide) groups is 1. The second-order valence-electron chi connectivity index (χ2n) is 7.76. The van der Waals surface area contributed by atoms with E-state index in [2.05, 4.69) is 6.58 Å². The van der Waals surface area contributed by atoms with Gasteiger partial charge in [0.2, 0.25) is 0 Å². The van der Waals surface area contributed by atoms with E-state index >= 15 is 0 Å². The number of carbonyl (C=O) groups excluding carboxylic acids is 1. The summed E-state index contributed by atoms with van der Waals surface area (Å²) in [5.74, 6) is 0. The third kappa shape index (κ3) is 6.22. The fraction of sp³-hybridized carbons (Fsp3) is 0.476. The van der Waals surface area contributed by atoms with E-state index in [0.29, 0.717) is 18.0 Å². The third-order valence-electron chi connectivity index (χ3n) is 4.09. The average Bonchev–Trinajstić information content (AvgIpc) is 2.54. The van der Waals surface area contributed by atoms with Gasteiger partial charge in [-0.3, -0.25) is 0 Å². The second-order valence-corrected chi connectivity index (χ2v) is 8.92. The van der Waals surface area contributed by atoms with Gasteiger partial charge in [-0.05, 0) is 58.7 Å². The molecule has 2 rings (SSSR count). The average molecular weight is 376 g/mol. The molecule has 1 amide bonds. The quantitative estimate of drug-likeness (QED) is 0.594. The Balaban J connectivity index is 1.93. The van der Waals surface area contributed by atoms with E-state index in [-0.39, 0.29) is 6.09 Å². The van der Waals surface area contributed by atoms with Gasteiger partial charge in [0.25, 0.3) is 0 Å². The molecule has 1 fully saturated rings. The van der Waals surface area contributed by atoms with E-state index in [1.807, 2.05) is 57.2 Å². The summed E-state index contributed by atoms with van der Waals surface area (Å²) in [6, 6.07) is 9.90. The molecule has 1 unspecified atom stereocenters. The van der Waals surface area contributed by atoms with Gasteiger partial charge in [-0.1, -0.05) is 42.1 Å². The maximum absolute atomic E-state index is 12.1. The first-order chi connectivity index (χ1) is 12.1. The molecule has 5 heteroatoms. The molecule has 0 saturated carbocycles. The van der Waals surface area contributed by atoms with Crippen molar-refractivity contribution in [2.45, 2.75) is 56.6 Å². The number of rotatable bonds is 4. The molecule has 4 nitrogen and oxygen atoms in total. The molecule has 0 aliphatic carbocycles. The highest BCUT2D eigenvalue weighted by Crippen LogP contribution is 2.35. The summed E-state index contributed by atoms with van der Waals surface area (Å²) in [7, 11) is 0. The van der Waals surface area contributed by atoms with Crippen molar-refractivity contribution in [1.82, 2.24) is 4.90 Å². The van der Waals surface area contributed by atoms with Crippen LogP contribution in [-0.2, 0) is 4.74 Å². The van der Waals surface area contributed by atoms with Crippen LogP contribution >= 0.6 is 11.8 Å². The number of carbonyl (C=O) groups is 1. The number of hydrogen-bond acceptors (Lipinski definition) is 4. The molecule has 1 heterocycles. The van der Waals surface area contributed by atoms with Crippen LogP contribution in [0.1, 0.15) is 40.5 Å². The zero-order valence-electron chi connectivity index (χ0n) is 16.1. The van der Waals surface area contributed by atoms with Crippen LogP contribution in [-0.4, -0.2) is 40.4 Å². The smallest absolute Gasteiger partial charge is 0.410 e. The van der Waals surface area contributed by atoms with Crippen molar-refractivity contribution in [1.29, 1.82) is 0 Å². The largest absolute Gasteiger partial charge is 0.444 e. The molecule has 0 radical (unpaired) electrons. The zero-order valence-corrected chi connectivity index (χ0v) is 16.9. The highest BCUT2D eigenvalue weighted by Gasteiger charge is 2.27. The predicted octanol–water partition coefficient (Wildman–Crippen LogP) is 5.00. The number of nitrogens with zero attached hydrogens (tertiary/aromatic N) is 1. The van der Waals surface area contributed by atoms with Gasteiger partial charge < -0.3 is 14.7 Å². The van der Waals surface area contributed by atoms with Crippen LogP contribution in [0.2, 0.25) is 0 Å². The normalized spacial score (nSPS) is 17.4. The Labute approximate surface area is 160 Å². The van der Waals surface area contributed by atoms with E-state index in [4.69, 9.17) is 4.74 Å². The lowest BCUT2D eigenvalue weighted by molar-refractivity contribution is 0.0235. The van der Waals surface area contributed by atoms with Gasteiger partial charge in [-0.25, -0.2) is 4.79 Å². The highest BCUT2D eigenvalue weighted by molar-refractivity contribution is 8.03. The molecule has 0 aromatic heterocycles. The molecule has 1 N–H and O–H groups in total. The molecular weight excluding hydrogens is 346 g/mol. The van der Waals surface area contributed by atoms with Crippen molar-refractivity contribution < 1.29 is 14.6 Å². The Kier molecular flexibility index (Phi) is 6.58. The fourth-order valence-electron chi connectivity index (χ4n) is 2.66. The molecule has 1 aromatic carbocycles. The lowest BCUT2D eigenvalue weighted by atomic mass is 9.96. The standard InChI is InChI=1S/C21H29NO3S/c1-16(26-18-9-7-6-8-10-18)21(5,24)15-17-11-13-22(14-12-17)19(23)25-20(2,3)4/h6-10,15,24H,1,11-14H2,2-5H3. The van der Waals surface area contributed by atoms with Gasteiger partial charge in [0.1, 0.15) is 11.2 Å². The number of amides is 1. The minimum atomic E-state index is -1.09. The summed E-state index contributed by atoms with van der Waals surface area (Å²) in [4.78, 5) is 15.6. The van der Waals surface area contributed by atoms with Crippen molar-refractivity contribution in [2.75, 3.05) is 13.1 Å². The zero-order chi connectivity index (χ0) is 19.4. The molecular formula is C21H29NO3S. The number of hydrogen-bond donors (Lipinski definition) is 1. The summed E-state index contributed by atoms with van der Waals surface area (Å²) >= 11 is 1.48. The number of benzene rings is 1. The van der Waals surface area contributed by atoms with Gasteiger partial charge in [0.05, 0.1) is 0 Å². The Morgan fingerprint density at radius 3 is 2.31 bits per heavy atom. The predicted molar refractivity (Wildman–Crippen MR) is 107 cm³/mol. The van der Waals surface area contributed by atoms with Gasteiger partial charge in [0.15, 0.2) is 0 Å². The first kappa shape index (κ1) is 20.6. The SMILES string of the molecule is C=C(Sc1ccccc1)C(C)(O)C=C1CCN(C(=O)OC(C)(C)C)CC1. The molecule has 1 aromatic rings. The topological polar surface area (TPSA) is 49.8 Å². The van der Waals surface area contributed by atoms with Crippen LogP contribution in [0.25, 0.3) is 0 Å². The molecule has 0 bridgehead atoms. The second kappa shape index (κ2) is 8.31. The number of aliphatic hydroxyl groups is 1. The maximum Gasteiger partial charge on any atom is 0.410 e.